The van der Waals surface area contributed by atoms with Crippen LogP contribution in [0.3, 0.4) is 0 Å². The standard InChI is InChI=1S/C16H23BFNO3/c1-15(2)16(3,4)22-17(21-15)13-6-5-11(9-14(13)18)19-8-7-12(20)10-19/h5-6,9,12,20H,7-8,10H2,1-4H3/t12-/m0/s1. The predicted molar refractivity (Wildman–Crippen MR) is 85.0 cm³/mol. The van der Waals surface area contributed by atoms with Gasteiger partial charge in [0.25, 0.3) is 0 Å². The fourth-order valence-corrected chi connectivity index (χ4v) is 2.85. The molecule has 2 aliphatic heterocycles. The van der Waals surface area contributed by atoms with Gasteiger partial charge in [0.05, 0.1) is 17.3 Å². The van der Waals surface area contributed by atoms with Gasteiger partial charge in [0.2, 0.25) is 0 Å². The average Bonchev–Trinajstić information content (AvgIpc) is 2.91. The molecule has 0 radical (unpaired) electrons. The van der Waals surface area contributed by atoms with Gasteiger partial charge in [-0.25, -0.2) is 4.39 Å². The number of hydrogen-bond donors (Lipinski definition) is 1. The number of aliphatic hydroxyl groups excluding tert-OH is 1. The maximum absolute atomic E-state index is 14.5. The van der Waals surface area contributed by atoms with E-state index in [4.69, 9.17) is 9.31 Å². The number of rotatable bonds is 2. The number of anilines is 1. The molecule has 120 valence electrons. The van der Waals surface area contributed by atoms with Crippen molar-refractivity contribution < 1.29 is 18.8 Å². The van der Waals surface area contributed by atoms with E-state index in [0.717, 1.165) is 18.7 Å². The van der Waals surface area contributed by atoms with Crippen LogP contribution in [0.15, 0.2) is 18.2 Å². The van der Waals surface area contributed by atoms with Crippen LogP contribution in [0.1, 0.15) is 34.1 Å². The molecule has 2 heterocycles. The van der Waals surface area contributed by atoms with Crippen molar-refractivity contribution in [3.8, 4) is 0 Å². The molecule has 1 aromatic rings. The van der Waals surface area contributed by atoms with E-state index in [1.54, 1.807) is 6.07 Å². The lowest BCUT2D eigenvalue weighted by atomic mass is 9.78. The second-order valence-corrected chi connectivity index (χ2v) is 7.18. The topological polar surface area (TPSA) is 41.9 Å². The Labute approximate surface area is 131 Å². The second kappa shape index (κ2) is 5.22. The van der Waals surface area contributed by atoms with Crippen LogP contribution in [0.5, 0.6) is 0 Å². The first-order chi connectivity index (χ1) is 10.2. The molecule has 3 rings (SSSR count). The Hall–Kier alpha value is -1.11. The summed E-state index contributed by atoms with van der Waals surface area (Å²) in [6.07, 6.45) is 0.395. The minimum Gasteiger partial charge on any atom is -0.399 e. The van der Waals surface area contributed by atoms with Gasteiger partial charge in [0, 0.05) is 24.2 Å². The molecule has 1 atom stereocenters. The maximum Gasteiger partial charge on any atom is 0.497 e. The fourth-order valence-electron chi connectivity index (χ4n) is 2.85. The minimum atomic E-state index is -0.691. The summed E-state index contributed by atoms with van der Waals surface area (Å²) >= 11 is 0. The van der Waals surface area contributed by atoms with E-state index in [9.17, 15) is 9.50 Å². The van der Waals surface area contributed by atoms with Crippen LogP contribution < -0.4 is 10.4 Å². The van der Waals surface area contributed by atoms with Gasteiger partial charge in [0.1, 0.15) is 5.82 Å². The van der Waals surface area contributed by atoms with E-state index < -0.39 is 18.3 Å². The van der Waals surface area contributed by atoms with Crippen LogP contribution in [0, 0.1) is 5.82 Å². The number of benzene rings is 1. The molecule has 22 heavy (non-hydrogen) atoms. The first kappa shape index (κ1) is 15.8. The van der Waals surface area contributed by atoms with Crippen molar-refractivity contribution in [1.29, 1.82) is 0 Å². The molecule has 2 saturated heterocycles. The van der Waals surface area contributed by atoms with E-state index >= 15 is 0 Å². The SMILES string of the molecule is CC1(C)OB(c2ccc(N3CC[C@H](O)C3)cc2F)OC1(C)C. The third kappa shape index (κ3) is 2.64. The van der Waals surface area contributed by atoms with Gasteiger partial charge in [-0.15, -0.1) is 0 Å². The summed E-state index contributed by atoms with van der Waals surface area (Å²) in [4.78, 5) is 1.99. The third-order valence-corrected chi connectivity index (χ3v) is 5.02. The molecule has 0 aromatic heterocycles. The second-order valence-electron chi connectivity index (χ2n) is 7.18. The van der Waals surface area contributed by atoms with Crippen molar-refractivity contribution in [2.24, 2.45) is 0 Å². The molecule has 0 bridgehead atoms. The zero-order valence-electron chi connectivity index (χ0n) is 13.6. The van der Waals surface area contributed by atoms with Crippen molar-refractivity contribution in [2.45, 2.75) is 51.4 Å². The highest BCUT2D eigenvalue weighted by molar-refractivity contribution is 6.62. The highest BCUT2D eigenvalue weighted by Crippen LogP contribution is 2.36. The highest BCUT2D eigenvalue weighted by Gasteiger charge is 2.52. The lowest BCUT2D eigenvalue weighted by molar-refractivity contribution is 0.00578. The summed E-state index contributed by atoms with van der Waals surface area (Å²) < 4.78 is 26.3. The smallest absolute Gasteiger partial charge is 0.399 e. The molecule has 0 amide bonds. The number of β-amino-alcohol motifs (C(OH)–C–C–N with tert-alkyl or cyclic N) is 1. The largest absolute Gasteiger partial charge is 0.497 e. The number of halogens is 1. The van der Waals surface area contributed by atoms with E-state index in [1.165, 1.54) is 6.07 Å². The van der Waals surface area contributed by atoms with Gasteiger partial charge in [-0.05, 0) is 46.2 Å². The summed E-state index contributed by atoms with van der Waals surface area (Å²) in [5.74, 6) is -0.336. The lowest BCUT2D eigenvalue weighted by Gasteiger charge is -2.32. The Morgan fingerprint density at radius 2 is 1.86 bits per heavy atom. The fraction of sp³-hybridized carbons (Fsp3) is 0.625. The van der Waals surface area contributed by atoms with E-state index in [1.807, 2.05) is 38.7 Å². The normalized spacial score (nSPS) is 26.7. The Morgan fingerprint density at radius 1 is 1.23 bits per heavy atom. The van der Waals surface area contributed by atoms with Crippen LogP contribution in [-0.4, -0.2) is 42.6 Å². The van der Waals surface area contributed by atoms with Crippen LogP contribution in [0.4, 0.5) is 10.1 Å². The van der Waals surface area contributed by atoms with Crippen molar-refractivity contribution in [2.75, 3.05) is 18.0 Å². The molecule has 1 N–H and O–H groups in total. The molecular formula is C16H23BFNO3. The quantitative estimate of drug-likeness (QED) is 0.845. The van der Waals surface area contributed by atoms with Crippen LogP contribution in [-0.2, 0) is 9.31 Å². The van der Waals surface area contributed by atoms with Crippen molar-refractivity contribution >= 4 is 18.3 Å². The molecular weight excluding hydrogens is 284 g/mol. The zero-order chi connectivity index (χ0) is 16.1. The molecule has 1 aromatic carbocycles. The average molecular weight is 307 g/mol. The number of aliphatic hydroxyl groups is 1. The summed E-state index contributed by atoms with van der Waals surface area (Å²) in [5, 5.41) is 9.60. The zero-order valence-corrected chi connectivity index (χ0v) is 13.6. The Kier molecular flexibility index (Phi) is 3.74. The molecule has 0 spiro atoms. The Balaban J connectivity index is 1.82. The third-order valence-electron chi connectivity index (χ3n) is 5.02. The first-order valence-corrected chi connectivity index (χ1v) is 7.78. The monoisotopic (exact) mass is 307 g/mol. The first-order valence-electron chi connectivity index (χ1n) is 7.78. The molecule has 0 unspecified atom stereocenters. The summed E-state index contributed by atoms with van der Waals surface area (Å²) in [5.41, 5.74) is 0.236. The van der Waals surface area contributed by atoms with Gasteiger partial charge in [0.15, 0.2) is 0 Å². The van der Waals surface area contributed by atoms with Gasteiger partial charge in [-0.3, -0.25) is 0 Å². The Bertz CT molecular complexity index is 563. The number of hydrogen-bond acceptors (Lipinski definition) is 4. The van der Waals surface area contributed by atoms with Crippen molar-refractivity contribution in [3.05, 3.63) is 24.0 Å². The summed E-state index contributed by atoms with van der Waals surface area (Å²) in [6, 6.07) is 5.08. The van der Waals surface area contributed by atoms with Gasteiger partial charge >= 0.3 is 7.12 Å². The van der Waals surface area contributed by atoms with Gasteiger partial charge in [-0.1, -0.05) is 6.07 Å². The molecule has 2 aliphatic rings. The lowest BCUT2D eigenvalue weighted by Crippen LogP contribution is -2.41. The highest BCUT2D eigenvalue weighted by atomic mass is 19.1. The van der Waals surface area contributed by atoms with Crippen LogP contribution in [0.25, 0.3) is 0 Å². The Morgan fingerprint density at radius 3 is 2.36 bits per heavy atom. The van der Waals surface area contributed by atoms with E-state index in [2.05, 4.69) is 0 Å². The molecule has 6 heteroatoms. The molecule has 0 saturated carbocycles. The predicted octanol–water partition coefficient (Wildman–Crippen LogP) is 1.70. The minimum absolute atomic E-state index is 0.328. The molecule has 2 fully saturated rings. The van der Waals surface area contributed by atoms with Crippen molar-refractivity contribution in [1.82, 2.24) is 0 Å². The summed E-state index contributed by atoms with van der Waals surface area (Å²) in [6.45, 7) is 9.09. The van der Waals surface area contributed by atoms with E-state index in [0.29, 0.717) is 12.0 Å². The number of nitrogens with zero attached hydrogens (tertiary/aromatic N) is 1. The van der Waals surface area contributed by atoms with Crippen LogP contribution in [0.2, 0.25) is 0 Å². The van der Waals surface area contributed by atoms with E-state index in [-0.39, 0.29) is 11.9 Å². The van der Waals surface area contributed by atoms with Crippen molar-refractivity contribution in [3.63, 3.8) is 0 Å². The summed E-state index contributed by atoms with van der Waals surface area (Å²) in [7, 11) is -0.691. The van der Waals surface area contributed by atoms with Gasteiger partial charge < -0.3 is 19.3 Å². The maximum atomic E-state index is 14.5. The molecule has 0 aliphatic carbocycles. The van der Waals surface area contributed by atoms with Gasteiger partial charge in [-0.2, -0.15) is 0 Å². The molecule has 4 nitrogen and oxygen atoms in total. The van der Waals surface area contributed by atoms with Crippen LogP contribution >= 0.6 is 0 Å².